The predicted molar refractivity (Wildman–Crippen MR) is 46.5 cm³/mol. The first-order valence-electron chi connectivity index (χ1n) is 2.30. The minimum absolute atomic E-state index is 0.0455. The topological polar surface area (TPSA) is 20.2 Å². The van der Waals surface area contributed by atoms with Gasteiger partial charge in [0.1, 0.15) is 0 Å². The maximum absolute atomic E-state index is 8.48. The van der Waals surface area contributed by atoms with E-state index in [-0.39, 0.29) is 17.1 Å². The summed E-state index contributed by atoms with van der Waals surface area (Å²) in [5.74, 6) is 0.651. The van der Waals surface area contributed by atoms with Crippen molar-refractivity contribution < 1.29 is 5.11 Å². The first kappa shape index (κ1) is 9.01. The molecule has 0 aromatic rings. The summed E-state index contributed by atoms with van der Waals surface area (Å²) >= 11 is 12.1. The van der Waals surface area contributed by atoms with Gasteiger partial charge in [-0.15, -0.1) is 0 Å². The highest BCUT2D eigenvalue weighted by Gasteiger charge is 2.09. The van der Waals surface area contributed by atoms with Crippen molar-refractivity contribution in [1.29, 1.82) is 0 Å². The molecule has 2 atom stereocenters. The van der Waals surface area contributed by atoms with Crippen molar-refractivity contribution in [1.82, 2.24) is 0 Å². The molecule has 1 N–H and O–H groups in total. The van der Waals surface area contributed by atoms with Crippen LogP contribution in [0.2, 0.25) is 0 Å². The molecule has 0 aliphatic heterocycles. The van der Waals surface area contributed by atoms with E-state index in [9.17, 15) is 0 Å². The molecule has 0 heterocycles. The first-order valence-corrected chi connectivity index (χ1v) is 3.96. The molecular weight excluding hydrogens is 160 g/mol. The first-order chi connectivity index (χ1) is 3.72. The molecule has 50 valence electrons. The van der Waals surface area contributed by atoms with E-state index in [0.29, 0.717) is 5.75 Å². The second-order valence-corrected chi connectivity index (χ2v) is 3.19. The van der Waals surface area contributed by atoms with Gasteiger partial charge in [-0.25, -0.2) is 0 Å². The Balaban J connectivity index is 3.29. The summed E-state index contributed by atoms with van der Waals surface area (Å²) in [6.07, 6.45) is 0. The van der Waals surface area contributed by atoms with Crippen LogP contribution in [0.3, 0.4) is 0 Å². The van der Waals surface area contributed by atoms with E-state index in [1.165, 1.54) is 0 Å². The summed E-state index contributed by atoms with van der Waals surface area (Å²) < 4.78 is 0. The van der Waals surface area contributed by atoms with Gasteiger partial charge >= 0.3 is 0 Å². The standard InChI is InChI=1S/C4H10OS3/c5-1-3(7)4(8)2-6/h3-8H,1-2H2/t3-,4-/m1/s1. The average molecular weight is 170 g/mol. The van der Waals surface area contributed by atoms with E-state index in [2.05, 4.69) is 37.9 Å². The number of hydrogen-bond acceptors (Lipinski definition) is 4. The second-order valence-electron chi connectivity index (χ2n) is 1.50. The molecule has 0 bridgehead atoms. The average Bonchev–Trinajstić information content (AvgIpc) is 1.84. The lowest BCUT2D eigenvalue weighted by molar-refractivity contribution is 0.295. The molecule has 0 unspecified atom stereocenters. The lowest BCUT2D eigenvalue weighted by atomic mass is 10.3. The predicted octanol–water partition coefficient (Wildman–Crippen LogP) is 0.505. The van der Waals surface area contributed by atoms with Gasteiger partial charge in [0, 0.05) is 16.3 Å². The molecule has 0 aromatic heterocycles. The molecule has 0 aromatic carbocycles. The van der Waals surface area contributed by atoms with Gasteiger partial charge in [-0.3, -0.25) is 0 Å². The monoisotopic (exact) mass is 170 g/mol. The van der Waals surface area contributed by atoms with Crippen LogP contribution in [0, 0.1) is 0 Å². The Morgan fingerprint density at radius 2 is 1.75 bits per heavy atom. The quantitative estimate of drug-likeness (QED) is 0.455. The Bertz CT molecular complexity index is 51.2. The Morgan fingerprint density at radius 1 is 1.25 bits per heavy atom. The molecule has 0 aliphatic rings. The summed E-state index contributed by atoms with van der Waals surface area (Å²) in [5, 5.41) is 8.52. The molecule has 0 amide bonds. The van der Waals surface area contributed by atoms with E-state index in [1.807, 2.05) is 0 Å². The van der Waals surface area contributed by atoms with Gasteiger partial charge < -0.3 is 5.11 Å². The zero-order valence-corrected chi connectivity index (χ0v) is 7.04. The fourth-order valence-electron chi connectivity index (χ4n) is 0.243. The van der Waals surface area contributed by atoms with Crippen LogP contribution >= 0.6 is 37.9 Å². The van der Waals surface area contributed by atoms with E-state index >= 15 is 0 Å². The highest BCUT2D eigenvalue weighted by Crippen LogP contribution is 2.08. The van der Waals surface area contributed by atoms with Crippen LogP contribution in [0.15, 0.2) is 0 Å². The van der Waals surface area contributed by atoms with Crippen LogP contribution in [0.4, 0.5) is 0 Å². The molecule has 0 saturated carbocycles. The zero-order chi connectivity index (χ0) is 6.57. The van der Waals surface area contributed by atoms with Crippen molar-refractivity contribution >= 4 is 37.9 Å². The molecule has 0 aliphatic carbocycles. The summed E-state index contributed by atoms with van der Waals surface area (Å²) in [5.41, 5.74) is 0. The highest BCUT2D eigenvalue weighted by atomic mass is 32.1. The Kier molecular flexibility index (Phi) is 5.46. The van der Waals surface area contributed by atoms with Gasteiger partial charge in [-0.05, 0) is 0 Å². The normalized spacial score (nSPS) is 18.0. The Hall–Kier alpha value is 1.01. The van der Waals surface area contributed by atoms with Gasteiger partial charge in [0.15, 0.2) is 0 Å². The molecule has 0 radical (unpaired) electrons. The summed E-state index contributed by atoms with van der Waals surface area (Å²) in [6.45, 7) is 0.0673. The summed E-state index contributed by atoms with van der Waals surface area (Å²) in [4.78, 5) is 0. The molecule has 1 nitrogen and oxygen atoms in total. The van der Waals surface area contributed by atoms with E-state index in [4.69, 9.17) is 5.11 Å². The second kappa shape index (κ2) is 4.85. The van der Waals surface area contributed by atoms with Crippen LogP contribution < -0.4 is 0 Å². The van der Waals surface area contributed by atoms with Crippen molar-refractivity contribution in [2.75, 3.05) is 12.4 Å². The van der Waals surface area contributed by atoms with Crippen molar-refractivity contribution in [2.45, 2.75) is 10.5 Å². The Morgan fingerprint density at radius 3 is 1.88 bits per heavy atom. The molecule has 8 heavy (non-hydrogen) atoms. The summed E-state index contributed by atoms with van der Waals surface area (Å²) in [6, 6.07) is 0. The third-order valence-corrected chi connectivity index (χ3v) is 2.80. The summed E-state index contributed by atoms with van der Waals surface area (Å²) in [7, 11) is 0. The van der Waals surface area contributed by atoms with Gasteiger partial charge in [-0.1, -0.05) is 0 Å². The lowest BCUT2D eigenvalue weighted by Gasteiger charge is -2.11. The van der Waals surface area contributed by atoms with Crippen molar-refractivity contribution in [2.24, 2.45) is 0 Å². The largest absolute Gasteiger partial charge is 0.395 e. The van der Waals surface area contributed by atoms with Crippen LogP contribution in [0.25, 0.3) is 0 Å². The lowest BCUT2D eigenvalue weighted by Crippen LogP contribution is -2.20. The number of aliphatic hydroxyl groups excluding tert-OH is 1. The molecule has 4 heteroatoms. The maximum Gasteiger partial charge on any atom is 0.0558 e. The molecule has 0 spiro atoms. The fourth-order valence-corrected chi connectivity index (χ4v) is 0.864. The minimum Gasteiger partial charge on any atom is -0.395 e. The third kappa shape index (κ3) is 3.12. The van der Waals surface area contributed by atoms with Crippen molar-refractivity contribution in [3.05, 3.63) is 0 Å². The maximum atomic E-state index is 8.48. The molecule has 0 fully saturated rings. The van der Waals surface area contributed by atoms with Crippen LogP contribution in [-0.2, 0) is 0 Å². The van der Waals surface area contributed by atoms with Gasteiger partial charge in [0.05, 0.1) is 6.61 Å². The molecular formula is C4H10OS3. The van der Waals surface area contributed by atoms with E-state index in [0.717, 1.165) is 0 Å². The molecule has 0 saturated heterocycles. The SMILES string of the molecule is OC[C@@H](S)[C@H](S)CS. The minimum atomic E-state index is -0.0455. The van der Waals surface area contributed by atoms with Gasteiger partial charge in [0.2, 0.25) is 0 Å². The fraction of sp³-hybridized carbons (Fsp3) is 1.00. The number of rotatable bonds is 3. The Labute approximate surface area is 66.1 Å². The smallest absolute Gasteiger partial charge is 0.0558 e. The van der Waals surface area contributed by atoms with Gasteiger partial charge in [-0.2, -0.15) is 37.9 Å². The van der Waals surface area contributed by atoms with Crippen molar-refractivity contribution in [3.8, 4) is 0 Å². The van der Waals surface area contributed by atoms with Crippen LogP contribution in [-0.4, -0.2) is 28.0 Å². The highest BCUT2D eigenvalue weighted by molar-refractivity contribution is 7.87. The third-order valence-electron chi connectivity index (χ3n) is 0.818. The van der Waals surface area contributed by atoms with Crippen LogP contribution in [0.1, 0.15) is 0 Å². The van der Waals surface area contributed by atoms with Crippen LogP contribution in [0.5, 0.6) is 0 Å². The number of hydrogen-bond donors (Lipinski definition) is 4. The number of thiol groups is 3. The van der Waals surface area contributed by atoms with E-state index in [1.54, 1.807) is 0 Å². The van der Waals surface area contributed by atoms with E-state index < -0.39 is 0 Å². The van der Waals surface area contributed by atoms with Gasteiger partial charge in [0.25, 0.3) is 0 Å². The number of aliphatic hydroxyl groups is 1. The molecule has 0 rings (SSSR count). The van der Waals surface area contributed by atoms with Crippen molar-refractivity contribution in [3.63, 3.8) is 0 Å². The zero-order valence-electron chi connectivity index (χ0n) is 4.36.